The molecule has 0 aliphatic carbocycles. The van der Waals surface area contributed by atoms with E-state index < -0.39 is 11.8 Å². The van der Waals surface area contributed by atoms with Crippen molar-refractivity contribution in [3.63, 3.8) is 0 Å². The largest absolute Gasteiger partial charge is 0.494 e. The minimum absolute atomic E-state index is 0.0604. The summed E-state index contributed by atoms with van der Waals surface area (Å²) in [5.41, 5.74) is 6.84. The van der Waals surface area contributed by atoms with Crippen molar-refractivity contribution in [3.8, 4) is 5.75 Å². The fourth-order valence-electron chi connectivity index (χ4n) is 1.82. The normalized spacial score (nSPS) is 10.2. The van der Waals surface area contributed by atoms with Crippen molar-refractivity contribution < 1.29 is 18.7 Å². The molecule has 2 rings (SSSR count). The summed E-state index contributed by atoms with van der Waals surface area (Å²) in [6, 6.07) is 8.98. The first-order valence-corrected chi connectivity index (χ1v) is 6.85. The predicted molar refractivity (Wildman–Crippen MR) is 80.6 cm³/mol. The number of para-hydroxylation sites is 1. The number of halogens is 2. The molecule has 0 fully saturated rings. The lowest BCUT2D eigenvalue weighted by molar-refractivity contribution is 0.0468. The third-order valence-corrected chi connectivity index (χ3v) is 3.61. The number of nitrogens with two attached hydrogens (primary N) is 1. The van der Waals surface area contributed by atoms with Crippen LogP contribution >= 0.6 is 15.9 Å². The Labute approximate surface area is 129 Å². The lowest BCUT2D eigenvalue weighted by Gasteiger charge is -2.11. The first kappa shape index (κ1) is 15.3. The summed E-state index contributed by atoms with van der Waals surface area (Å²) in [6.07, 6.45) is 0. The van der Waals surface area contributed by atoms with Crippen LogP contribution in [-0.4, -0.2) is 13.1 Å². The zero-order chi connectivity index (χ0) is 15.4. The maximum atomic E-state index is 13.2. The highest BCUT2D eigenvalue weighted by atomic mass is 79.9. The van der Waals surface area contributed by atoms with Crippen molar-refractivity contribution in [3.05, 3.63) is 57.8 Å². The molecule has 110 valence electrons. The molecule has 0 aromatic heterocycles. The van der Waals surface area contributed by atoms with Gasteiger partial charge in [0, 0.05) is 10.0 Å². The van der Waals surface area contributed by atoms with Crippen LogP contribution in [0.3, 0.4) is 0 Å². The number of carbonyl (C=O) groups is 1. The van der Waals surface area contributed by atoms with Crippen LogP contribution in [0.4, 0.5) is 10.1 Å². The molecule has 0 spiro atoms. The van der Waals surface area contributed by atoms with Crippen LogP contribution in [0, 0.1) is 5.82 Å². The summed E-state index contributed by atoms with van der Waals surface area (Å²) in [5, 5.41) is 0. The minimum atomic E-state index is -0.588. The van der Waals surface area contributed by atoms with Gasteiger partial charge in [-0.05, 0) is 30.3 Å². The molecule has 2 N–H and O–H groups in total. The molecule has 0 aliphatic rings. The standard InChI is InChI=1S/C15H13BrFNO3/c1-20-14-11(3-2-4-13(14)18)15(19)21-8-9-7-10(17)5-6-12(9)16/h2-7H,8,18H2,1H3. The number of hydrogen-bond donors (Lipinski definition) is 1. The fourth-order valence-corrected chi connectivity index (χ4v) is 2.18. The van der Waals surface area contributed by atoms with E-state index >= 15 is 0 Å². The summed E-state index contributed by atoms with van der Waals surface area (Å²) in [5.74, 6) is -0.720. The van der Waals surface area contributed by atoms with Crippen LogP contribution in [0.1, 0.15) is 15.9 Å². The Morgan fingerprint density at radius 2 is 2.10 bits per heavy atom. The predicted octanol–water partition coefficient (Wildman–Crippen LogP) is 3.54. The van der Waals surface area contributed by atoms with E-state index in [0.29, 0.717) is 15.7 Å². The lowest BCUT2D eigenvalue weighted by Crippen LogP contribution is -2.09. The SMILES string of the molecule is COc1c(N)cccc1C(=O)OCc1cc(F)ccc1Br. The van der Waals surface area contributed by atoms with Crippen LogP contribution in [0.15, 0.2) is 40.9 Å². The van der Waals surface area contributed by atoms with E-state index in [1.807, 2.05) is 0 Å². The molecule has 6 heteroatoms. The van der Waals surface area contributed by atoms with E-state index in [1.165, 1.54) is 19.2 Å². The summed E-state index contributed by atoms with van der Waals surface area (Å²) in [4.78, 5) is 12.1. The second kappa shape index (κ2) is 6.58. The number of benzene rings is 2. The van der Waals surface area contributed by atoms with E-state index in [1.54, 1.807) is 24.3 Å². The molecule has 0 radical (unpaired) electrons. The highest BCUT2D eigenvalue weighted by Crippen LogP contribution is 2.27. The summed E-state index contributed by atoms with van der Waals surface area (Å²) in [6.45, 7) is -0.0604. The van der Waals surface area contributed by atoms with Crippen molar-refractivity contribution in [2.45, 2.75) is 6.61 Å². The average Bonchev–Trinajstić information content (AvgIpc) is 2.47. The molecule has 0 saturated heterocycles. The number of ether oxygens (including phenoxy) is 2. The summed E-state index contributed by atoms with van der Waals surface area (Å²) >= 11 is 3.27. The minimum Gasteiger partial charge on any atom is -0.494 e. The van der Waals surface area contributed by atoms with Crippen molar-refractivity contribution >= 4 is 27.6 Å². The second-order valence-corrected chi connectivity index (χ2v) is 5.09. The van der Waals surface area contributed by atoms with Crippen LogP contribution in [0.5, 0.6) is 5.75 Å². The molecule has 0 amide bonds. The maximum Gasteiger partial charge on any atom is 0.342 e. The van der Waals surface area contributed by atoms with Gasteiger partial charge in [0.2, 0.25) is 0 Å². The van der Waals surface area contributed by atoms with Gasteiger partial charge in [0.15, 0.2) is 5.75 Å². The van der Waals surface area contributed by atoms with Gasteiger partial charge in [0.25, 0.3) is 0 Å². The summed E-state index contributed by atoms with van der Waals surface area (Å²) in [7, 11) is 1.42. The van der Waals surface area contributed by atoms with Gasteiger partial charge in [-0.3, -0.25) is 0 Å². The van der Waals surface area contributed by atoms with Gasteiger partial charge in [-0.2, -0.15) is 0 Å². The highest BCUT2D eigenvalue weighted by molar-refractivity contribution is 9.10. The maximum absolute atomic E-state index is 13.2. The van der Waals surface area contributed by atoms with Crippen LogP contribution in [-0.2, 0) is 11.3 Å². The monoisotopic (exact) mass is 353 g/mol. The molecule has 0 aliphatic heterocycles. The summed E-state index contributed by atoms with van der Waals surface area (Å²) < 4.78 is 24.1. The van der Waals surface area contributed by atoms with Crippen LogP contribution < -0.4 is 10.5 Å². The number of hydrogen-bond acceptors (Lipinski definition) is 4. The van der Waals surface area contributed by atoms with Gasteiger partial charge in [-0.1, -0.05) is 22.0 Å². The van der Waals surface area contributed by atoms with E-state index in [-0.39, 0.29) is 17.9 Å². The molecular weight excluding hydrogens is 341 g/mol. The first-order chi connectivity index (χ1) is 10.0. The Morgan fingerprint density at radius 3 is 2.81 bits per heavy atom. The second-order valence-electron chi connectivity index (χ2n) is 4.24. The molecule has 2 aromatic rings. The molecule has 0 bridgehead atoms. The molecule has 0 saturated carbocycles. The highest BCUT2D eigenvalue weighted by Gasteiger charge is 2.16. The van der Waals surface area contributed by atoms with E-state index in [9.17, 15) is 9.18 Å². The van der Waals surface area contributed by atoms with Gasteiger partial charge < -0.3 is 15.2 Å². The number of nitrogen functional groups attached to an aromatic ring is 1. The molecule has 4 nitrogen and oxygen atoms in total. The van der Waals surface area contributed by atoms with Crippen molar-refractivity contribution in [1.29, 1.82) is 0 Å². The Balaban J connectivity index is 2.16. The first-order valence-electron chi connectivity index (χ1n) is 6.06. The zero-order valence-corrected chi connectivity index (χ0v) is 12.8. The van der Waals surface area contributed by atoms with Crippen LogP contribution in [0.2, 0.25) is 0 Å². The number of rotatable bonds is 4. The number of methoxy groups -OCH3 is 1. The quantitative estimate of drug-likeness (QED) is 0.674. The molecule has 0 atom stereocenters. The molecule has 0 unspecified atom stereocenters. The van der Waals surface area contributed by atoms with Gasteiger partial charge >= 0.3 is 5.97 Å². The van der Waals surface area contributed by atoms with Gasteiger partial charge in [0.1, 0.15) is 18.0 Å². The third kappa shape index (κ3) is 3.52. The fraction of sp³-hybridized carbons (Fsp3) is 0.133. The number of anilines is 1. The number of carbonyl (C=O) groups excluding carboxylic acids is 1. The third-order valence-electron chi connectivity index (χ3n) is 2.84. The number of esters is 1. The van der Waals surface area contributed by atoms with Gasteiger partial charge in [0.05, 0.1) is 12.8 Å². The molecule has 0 heterocycles. The Bertz CT molecular complexity index is 676. The molecule has 2 aromatic carbocycles. The van der Waals surface area contributed by atoms with E-state index in [2.05, 4.69) is 15.9 Å². The van der Waals surface area contributed by atoms with Gasteiger partial charge in [-0.15, -0.1) is 0 Å². The Kier molecular flexibility index (Phi) is 4.80. The molecular formula is C15H13BrFNO3. The Morgan fingerprint density at radius 1 is 1.33 bits per heavy atom. The van der Waals surface area contributed by atoms with E-state index in [4.69, 9.17) is 15.2 Å². The topological polar surface area (TPSA) is 61.5 Å². The Hall–Kier alpha value is -2.08. The van der Waals surface area contributed by atoms with Crippen molar-refractivity contribution in [1.82, 2.24) is 0 Å². The van der Waals surface area contributed by atoms with E-state index in [0.717, 1.165) is 0 Å². The molecule has 21 heavy (non-hydrogen) atoms. The zero-order valence-electron chi connectivity index (χ0n) is 11.2. The van der Waals surface area contributed by atoms with Crippen molar-refractivity contribution in [2.24, 2.45) is 0 Å². The average molecular weight is 354 g/mol. The van der Waals surface area contributed by atoms with Crippen molar-refractivity contribution in [2.75, 3.05) is 12.8 Å². The van der Waals surface area contributed by atoms with Crippen LogP contribution in [0.25, 0.3) is 0 Å². The van der Waals surface area contributed by atoms with Gasteiger partial charge in [-0.25, -0.2) is 9.18 Å². The lowest BCUT2D eigenvalue weighted by atomic mass is 10.1. The smallest absolute Gasteiger partial charge is 0.342 e.